The summed E-state index contributed by atoms with van der Waals surface area (Å²) in [6, 6.07) is 12.5. The van der Waals surface area contributed by atoms with Gasteiger partial charge >= 0.3 is 17.8 Å². The second-order valence-electron chi connectivity index (χ2n) is 6.66. The van der Waals surface area contributed by atoms with Gasteiger partial charge in [-0.3, -0.25) is 4.57 Å². The Morgan fingerprint density at radius 3 is 2.48 bits per heavy atom. The quantitative estimate of drug-likeness (QED) is 0.348. The molecule has 140 valence electrons. The van der Waals surface area contributed by atoms with E-state index >= 15 is 0 Å². The van der Waals surface area contributed by atoms with Crippen LogP contribution in [0.5, 0.6) is 0 Å². The van der Waals surface area contributed by atoms with Gasteiger partial charge in [0.25, 0.3) is 0 Å². The minimum absolute atomic E-state index is 0.177. The van der Waals surface area contributed by atoms with E-state index in [9.17, 15) is 9.59 Å². The van der Waals surface area contributed by atoms with E-state index in [4.69, 9.17) is 15.0 Å². The first-order valence-electron chi connectivity index (χ1n) is 8.32. The first-order chi connectivity index (χ1) is 12.8. The largest absolute Gasteiger partial charge is 0.450 e. The second kappa shape index (κ2) is 8.78. The summed E-state index contributed by atoms with van der Waals surface area (Å²) >= 11 is 0. The van der Waals surface area contributed by atoms with Crippen molar-refractivity contribution in [2.45, 2.75) is 33.0 Å². The van der Waals surface area contributed by atoms with Gasteiger partial charge in [-0.25, -0.2) is 9.59 Å². The van der Waals surface area contributed by atoms with E-state index in [1.807, 2.05) is 30.3 Å². The fraction of sp³-hybridized carbons (Fsp3) is 0.250. The van der Waals surface area contributed by atoms with Crippen LogP contribution in [-0.4, -0.2) is 32.7 Å². The minimum Gasteiger partial charge on any atom is -0.450 e. The van der Waals surface area contributed by atoms with E-state index in [1.165, 1.54) is 16.8 Å². The number of rotatable bonds is 5. The normalized spacial score (nSPS) is 11.1. The summed E-state index contributed by atoms with van der Waals surface area (Å²) in [6.07, 6.45) is 3.93. The van der Waals surface area contributed by atoms with E-state index < -0.39 is 17.7 Å². The van der Waals surface area contributed by atoms with Crippen molar-refractivity contribution >= 4 is 23.9 Å². The molecule has 0 N–H and O–H groups in total. The summed E-state index contributed by atoms with van der Waals surface area (Å²) in [7, 11) is 0. The molecule has 2 rings (SSSR count). The van der Waals surface area contributed by atoms with Crippen molar-refractivity contribution in [3.8, 4) is 0 Å². The van der Waals surface area contributed by atoms with Crippen LogP contribution >= 0.6 is 0 Å². The van der Waals surface area contributed by atoms with E-state index in [2.05, 4.69) is 4.79 Å². The summed E-state index contributed by atoms with van der Waals surface area (Å²) in [5.41, 5.74) is 9.43. The van der Waals surface area contributed by atoms with Crippen LogP contribution in [0.2, 0.25) is 0 Å². The molecule has 0 bridgehead atoms. The highest BCUT2D eigenvalue weighted by Crippen LogP contribution is 2.12. The highest BCUT2D eigenvalue weighted by molar-refractivity contribution is 6.39. The minimum atomic E-state index is -0.818. The summed E-state index contributed by atoms with van der Waals surface area (Å²) in [5.74, 6) is -0.818. The molecule has 27 heavy (non-hydrogen) atoms. The van der Waals surface area contributed by atoms with Crippen molar-refractivity contribution < 1.29 is 23.9 Å². The van der Waals surface area contributed by atoms with Gasteiger partial charge in [-0.1, -0.05) is 30.3 Å². The number of hydrogen-bond acceptors (Lipinski definition) is 4. The summed E-state index contributed by atoms with van der Waals surface area (Å²) in [6.45, 7) is 5.11. The van der Waals surface area contributed by atoms with Gasteiger partial charge < -0.3 is 15.0 Å². The molecule has 1 heterocycles. The molecular weight excluding hydrogens is 346 g/mol. The monoisotopic (exact) mass is 367 g/mol. The van der Waals surface area contributed by atoms with Crippen LogP contribution in [0.15, 0.2) is 54.7 Å². The van der Waals surface area contributed by atoms with Crippen LogP contribution in [0.4, 0.5) is 4.79 Å². The molecule has 0 saturated heterocycles. The maximum Gasteiger partial charge on any atom is 0.422 e. The smallest absolute Gasteiger partial charge is 0.422 e. The van der Waals surface area contributed by atoms with Gasteiger partial charge in [0.2, 0.25) is 0 Å². The fourth-order valence-corrected chi connectivity index (χ4v) is 2.12. The Morgan fingerprint density at radius 1 is 1.15 bits per heavy atom. The molecule has 0 fully saturated rings. The number of nitrogens with zero attached hydrogens (tertiary/aromatic N) is 3. The van der Waals surface area contributed by atoms with Gasteiger partial charge in [0.05, 0.1) is 5.69 Å². The molecule has 0 spiro atoms. The summed E-state index contributed by atoms with van der Waals surface area (Å²) in [4.78, 5) is 27.2. The molecule has 7 nitrogen and oxygen atoms in total. The van der Waals surface area contributed by atoms with Crippen molar-refractivity contribution in [3.05, 3.63) is 71.5 Å². The van der Waals surface area contributed by atoms with Gasteiger partial charge in [-0.05, 0) is 44.5 Å². The lowest BCUT2D eigenvalue weighted by atomic mass is 10.2. The van der Waals surface area contributed by atoms with Crippen LogP contribution in [0, 0.1) is 0 Å². The van der Waals surface area contributed by atoms with Gasteiger partial charge in [-0.2, -0.15) is 4.79 Å². The van der Waals surface area contributed by atoms with E-state index in [0.717, 1.165) is 5.56 Å². The first kappa shape index (κ1) is 19.9. The highest BCUT2D eigenvalue weighted by Gasteiger charge is 2.22. The topological polar surface area (TPSA) is 93.9 Å². The Kier molecular flexibility index (Phi) is 6.46. The van der Waals surface area contributed by atoms with Crippen LogP contribution in [-0.2, 0) is 20.9 Å². The van der Waals surface area contributed by atoms with Crippen LogP contribution < -0.4 is 0 Å². The third-order valence-electron chi connectivity index (χ3n) is 3.32. The number of aromatic nitrogens is 1. The second-order valence-corrected chi connectivity index (χ2v) is 6.66. The molecule has 0 amide bonds. The van der Waals surface area contributed by atoms with Crippen molar-refractivity contribution in [3.63, 3.8) is 0 Å². The number of carbonyl (C=O) groups excluding carboxylic acids is 2. The van der Waals surface area contributed by atoms with E-state index in [-0.39, 0.29) is 12.3 Å². The maximum absolute atomic E-state index is 12.2. The summed E-state index contributed by atoms with van der Waals surface area (Å²) in [5, 5.41) is 0. The standard InChI is InChI=1S/C20H21N3O4/c1-20(2,3)27-19(25)23-13-7-10-16(23)14-26-18(24)17(22-21)12-11-15-8-5-4-6-9-15/h4-13H,14H2,1-3H3/b12-11+. The molecule has 0 saturated carbocycles. The van der Waals surface area contributed by atoms with Gasteiger partial charge in [0.1, 0.15) is 12.2 Å². The molecule has 1 aromatic heterocycles. The Labute approximate surface area is 157 Å². The maximum atomic E-state index is 12.2. The molecule has 0 unspecified atom stereocenters. The zero-order valence-electron chi connectivity index (χ0n) is 15.5. The lowest BCUT2D eigenvalue weighted by Gasteiger charge is -2.20. The number of ether oxygens (including phenoxy) is 2. The Hall–Kier alpha value is -3.44. The van der Waals surface area contributed by atoms with Crippen molar-refractivity contribution in [2.75, 3.05) is 0 Å². The Morgan fingerprint density at radius 2 is 1.85 bits per heavy atom. The molecule has 0 aliphatic carbocycles. The fourth-order valence-electron chi connectivity index (χ4n) is 2.12. The average Bonchev–Trinajstić information content (AvgIpc) is 3.08. The van der Waals surface area contributed by atoms with E-state index in [0.29, 0.717) is 5.69 Å². The molecular formula is C20H21N3O4. The van der Waals surface area contributed by atoms with Crippen molar-refractivity contribution in [1.82, 2.24) is 4.57 Å². The average molecular weight is 367 g/mol. The van der Waals surface area contributed by atoms with Crippen molar-refractivity contribution in [1.29, 1.82) is 0 Å². The molecule has 0 atom stereocenters. The molecule has 7 heteroatoms. The van der Waals surface area contributed by atoms with Gasteiger partial charge in [0.15, 0.2) is 0 Å². The number of carbonyl (C=O) groups is 2. The predicted octanol–water partition coefficient (Wildman–Crippen LogP) is 3.70. The number of hydrogen-bond donors (Lipinski definition) is 0. The Bertz CT molecular complexity index is 885. The predicted molar refractivity (Wildman–Crippen MR) is 100.0 cm³/mol. The molecule has 2 aromatic rings. The van der Waals surface area contributed by atoms with Crippen LogP contribution in [0.25, 0.3) is 11.6 Å². The van der Waals surface area contributed by atoms with Crippen molar-refractivity contribution in [2.24, 2.45) is 0 Å². The van der Waals surface area contributed by atoms with Gasteiger partial charge in [-0.15, -0.1) is 0 Å². The molecule has 1 aromatic carbocycles. The Balaban J connectivity index is 2.01. The highest BCUT2D eigenvalue weighted by atomic mass is 16.6. The SMILES string of the molecule is CC(C)(C)OC(=O)n1cccc1COC(=O)C(/C=C/c1ccccc1)=[N+]=[N-]. The number of esters is 1. The van der Waals surface area contributed by atoms with Crippen LogP contribution in [0.1, 0.15) is 32.0 Å². The molecule has 0 aliphatic heterocycles. The third-order valence-corrected chi connectivity index (χ3v) is 3.32. The zero-order valence-corrected chi connectivity index (χ0v) is 15.5. The lowest BCUT2D eigenvalue weighted by molar-refractivity contribution is -0.141. The van der Waals surface area contributed by atoms with Gasteiger partial charge in [0, 0.05) is 12.3 Å². The number of benzene rings is 1. The molecule has 0 aliphatic rings. The first-order valence-corrected chi connectivity index (χ1v) is 8.32. The van der Waals surface area contributed by atoms with E-state index in [1.54, 1.807) is 39.0 Å². The molecule has 0 radical (unpaired) electrons. The zero-order chi connectivity index (χ0) is 19.9. The van der Waals surface area contributed by atoms with Crippen LogP contribution in [0.3, 0.4) is 0 Å². The lowest BCUT2D eigenvalue weighted by Crippen LogP contribution is -2.28. The third kappa shape index (κ3) is 6.09. The summed E-state index contributed by atoms with van der Waals surface area (Å²) < 4.78 is 11.7.